The Hall–Kier alpha value is -1.98. The summed E-state index contributed by atoms with van der Waals surface area (Å²) in [5.41, 5.74) is 0.640. The second-order valence-electron chi connectivity index (χ2n) is 3.61. The van der Waals surface area contributed by atoms with Gasteiger partial charge in [-0.15, -0.1) is 0 Å². The van der Waals surface area contributed by atoms with E-state index in [1.165, 1.54) is 18.0 Å². The van der Waals surface area contributed by atoms with Crippen LogP contribution in [0.1, 0.15) is 13.0 Å². The highest BCUT2D eigenvalue weighted by atomic mass is 19.2. The monoisotopic (exact) mass is 240 g/mol. The van der Waals surface area contributed by atoms with Crippen molar-refractivity contribution in [2.24, 2.45) is 0 Å². The minimum Gasteiger partial charge on any atom is -0.467 e. The summed E-state index contributed by atoms with van der Waals surface area (Å²) in [5, 5.41) is 0. The molecule has 0 bridgehead atoms. The molecular formula is C11H10F2N2O2. The van der Waals surface area contributed by atoms with Gasteiger partial charge in [-0.3, -0.25) is 0 Å². The maximum Gasteiger partial charge on any atom is 0.328 e. The molecule has 0 fully saturated rings. The molecule has 2 aromatic rings. The van der Waals surface area contributed by atoms with E-state index in [9.17, 15) is 13.6 Å². The maximum atomic E-state index is 13.1. The van der Waals surface area contributed by atoms with E-state index in [1.807, 2.05) is 0 Å². The molecule has 0 saturated carbocycles. The normalized spacial score (nSPS) is 12.7. The fourth-order valence-corrected chi connectivity index (χ4v) is 1.62. The number of hydrogen-bond acceptors (Lipinski definition) is 3. The number of methoxy groups -OCH3 is 1. The van der Waals surface area contributed by atoms with Crippen LogP contribution in [0.25, 0.3) is 11.0 Å². The molecule has 0 aliphatic rings. The molecule has 0 unspecified atom stereocenters. The van der Waals surface area contributed by atoms with Crippen molar-refractivity contribution in [2.75, 3.05) is 7.11 Å². The second kappa shape index (κ2) is 4.12. The first-order valence-electron chi connectivity index (χ1n) is 4.94. The van der Waals surface area contributed by atoms with E-state index in [1.54, 1.807) is 6.92 Å². The number of aromatic nitrogens is 2. The van der Waals surface area contributed by atoms with Crippen LogP contribution in [0.15, 0.2) is 18.5 Å². The largest absolute Gasteiger partial charge is 0.467 e. The molecule has 1 atom stereocenters. The molecule has 0 spiro atoms. The fourth-order valence-electron chi connectivity index (χ4n) is 1.62. The Morgan fingerprint density at radius 1 is 1.41 bits per heavy atom. The Kier molecular flexibility index (Phi) is 2.79. The summed E-state index contributed by atoms with van der Waals surface area (Å²) in [6.07, 6.45) is 1.35. The van der Waals surface area contributed by atoms with Gasteiger partial charge in [0.1, 0.15) is 6.04 Å². The molecule has 0 amide bonds. The number of carbonyl (C=O) groups is 1. The van der Waals surface area contributed by atoms with Crippen LogP contribution in [0.4, 0.5) is 8.78 Å². The number of ether oxygens (including phenoxy) is 1. The first-order valence-corrected chi connectivity index (χ1v) is 4.94. The van der Waals surface area contributed by atoms with Crippen molar-refractivity contribution in [3.05, 3.63) is 30.1 Å². The molecule has 1 aromatic heterocycles. The van der Waals surface area contributed by atoms with Crippen LogP contribution in [0.3, 0.4) is 0 Å². The Balaban J connectivity index is 2.56. The van der Waals surface area contributed by atoms with Crippen molar-refractivity contribution in [3.63, 3.8) is 0 Å². The lowest BCUT2D eigenvalue weighted by Gasteiger charge is -2.11. The Morgan fingerprint density at radius 2 is 2.06 bits per heavy atom. The summed E-state index contributed by atoms with van der Waals surface area (Å²) in [4.78, 5) is 15.3. The van der Waals surface area contributed by atoms with Gasteiger partial charge >= 0.3 is 5.97 Å². The topological polar surface area (TPSA) is 44.1 Å². The number of hydrogen-bond donors (Lipinski definition) is 0. The molecule has 0 N–H and O–H groups in total. The fraction of sp³-hybridized carbons (Fsp3) is 0.273. The molecule has 0 radical (unpaired) electrons. The molecule has 0 aliphatic carbocycles. The maximum absolute atomic E-state index is 13.1. The zero-order chi connectivity index (χ0) is 12.6. The van der Waals surface area contributed by atoms with Crippen molar-refractivity contribution >= 4 is 17.0 Å². The van der Waals surface area contributed by atoms with E-state index in [0.29, 0.717) is 11.0 Å². The Bertz CT molecular complexity index is 580. The van der Waals surface area contributed by atoms with Gasteiger partial charge in [0, 0.05) is 12.1 Å². The number of benzene rings is 1. The molecule has 90 valence electrons. The summed E-state index contributed by atoms with van der Waals surface area (Å²) >= 11 is 0. The number of halogens is 2. The second-order valence-corrected chi connectivity index (χ2v) is 3.61. The van der Waals surface area contributed by atoms with E-state index in [4.69, 9.17) is 0 Å². The highest BCUT2D eigenvalue weighted by Crippen LogP contribution is 2.21. The lowest BCUT2D eigenvalue weighted by Crippen LogP contribution is -2.17. The van der Waals surface area contributed by atoms with Gasteiger partial charge in [-0.05, 0) is 6.92 Å². The van der Waals surface area contributed by atoms with E-state index in [-0.39, 0.29) is 0 Å². The highest BCUT2D eigenvalue weighted by Gasteiger charge is 2.18. The number of nitrogens with zero attached hydrogens (tertiary/aromatic N) is 2. The minimum absolute atomic E-state index is 0.291. The predicted molar refractivity (Wildman–Crippen MR) is 56.4 cm³/mol. The van der Waals surface area contributed by atoms with Gasteiger partial charge in [-0.25, -0.2) is 18.6 Å². The van der Waals surface area contributed by atoms with Gasteiger partial charge in [0.05, 0.1) is 24.5 Å². The van der Waals surface area contributed by atoms with Crippen molar-refractivity contribution in [1.82, 2.24) is 9.55 Å². The molecular weight excluding hydrogens is 230 g/mol. The highest BCUT2D eigenvalue weighted by molar-refractivity contribution is 5.80. The van der Waals surface area contributed by atoms with Crippen LogP contribution < -0.4 is 0 Å². The van der Waals surface area contributed by atoms with E-state index < -0.39 is 23.6 Å². The Labute approximate surface area is 95.8 Å². The lowest BCUT2D eigenvalue weighted by atomic mass is 10.2. The van der Waals surface area contributed by atoms with Crippen molar-refractivity contribution in [1.29, 1.82) is 0 Å². The smallest absolute Gasteiger partial charge is 0.328 e. The standard InChI is InChI=1S/C11H10F2N2O2/c1-6(11(16)17-2)15-5-14-9-3-7(12)8(13)4-10(9)15/h3-6H,1-2H3/t6-/m1/s1. The number of rotatable bonds is 2. The molecule has 2 rings (SSSR count). The van der Waals surface area contributed by atoms with Crippen LogP contribution in [-0.2, 0) is 9.53 Å². The van der Waals surface area contributed by atoms with Crippen LogP contribution >= 0.6 is 0 Å². The van der Waals surface area contributed by atoms with Gasteiger partial charge in [0.15, 0.2) is 11.6 Å². The summed E-state index contributed by atoms with van der Waals surface area (Å²) in [6, 6.07) is 1.36. The van der Waals surface area contributed by atoms with Gasteiger partial charge in [0.2, 0.25) is 0 Å². The van der Waals surface area contributed by atoms with Gasteiger partial charge in [0.25, 0.3) is 0 Å². The van der Waals surface area contributed by atoms with E-state index in [0.717, 1.165) is 12.1 Å². The van der Waals surface area contributed by atoms with Crippen LogP contribution in [0.5, 0.6) is 0 Å². The third-order valence-electron chi connectivity index (χ3n) is 2.58. The van der Waals surface area contributed by atoms with E-state index in [2.05, 4.69) is 9.72 Å². The minimum atomic E-state index is -0.976. The van der Waals surface area contributed by atoms with E-state index >= 15 is 0 Å². The SMILES string of the molecule is COC(=O)[C@@H](C)n1cnc2cc(F)c(F)cc21. The third-order valence-corrected chi connectivity index (χ3v) is 2.58. The first kappa shape index (κ1) is 11.5. The van der Waals surface area contributed by atoms with Gasteiger partial charge < -0.3 is 9.30 Å². The first-order chi connectivity index (χ1) is 8.04. The van der Waals surface area contributed by atoms with Crippen LogP contribution in [0, 0.1) is 11.6 Å². The van der Waals surface area contributed by atoms with Crippen molar-refractivity contribution in [2.45, 2.75) is 13.0 Å². The molecule has 17 heavy (non-hydrogen) atoms. The summed E-state index contributed by atoms with van der Waals surface area (Å²) in [5.74, 6) is -2.42. The predicted octanol–water partition coefficient (Wildman–Crippen LogP) is 2.05. The molecule has 0 saturated heterocycles. The number of imidazole rings is 1. The number of carbonyl (C=O) groups excluding carboxylic acids is 1. The third kappa shape index (κ3) is 1.86. The molecule has 4 nitrogen and oxygen atoms in total. The zero-order valence-corrected chi connectivity index (χ0v) is 9.28. The molecule has 1 heterocycles. The number of esters is 1. The summed E-state index contributed by atoms with van der Waals surface area (Å²) in [7, 11) is 1.26. The average molecular weight is 240 g/mol. The quantitative estimate of drug-likeness (QED) is 0.754. The molecule has 1 aromatic carbocycles. The van der Waals surface area contributed by atoms with Crippen LogP contribution in [0.2, 0.25) is 0 Å². The van der Waals surface area contributed by atoms with Crippen LogP contribution in [-0.4, -0.2) is 22.6 Å². The lowest BCUT2D eigenvalue weighted by molar-refractivity contribution is -0.143. The van der Waals surface area contributed by atoms with Gasteiger partial charge in [-0.2, -0.15) is 0 Å². The summed E-state index contributed by atoms with van der Waals surface area (Å²) < 4.78 is 32.1. The van der Waals surface area contributed by atoms with Crippen molar-refractivity contribution in [3.8, 4) is 0 Å². The van der Waals surface area contributed by atoms with Gasteiger partial charge in [-0.1, -0.05) is 0 Å². The summed E-state index contributed by atoms with van der Waals surface area (Å²) in [6.45, 7) is 1.59. The molecule has 6 heteroatoms. The average Bonchev–Trinajstić information content (AvgIpc) is 2.70. The molecule has 0 aliphatic heterocycles. The zero-order valence-electron chi connectivity index (χ0n) is 9.28. The Morgan fingerprint density at radius 3 is 2.71 bits per heavy atom. The van der Waals surface area contributed by atoms with Crippen molar-refractivity contribution < 1.29 is 18.3 Å². The number of fused-ring (bicyclic) bond motifs is 1.